The van der Waals surface area contributed by atoms with Gasteiger partial charge in [-0.05, 0) is 47.9 Å². The number of carboxylic acid groups (broad SMARTS) is 1. The molecule has 6 N–H and O–H groups in total. The number of benzene rings is 2. The van der Waals surface area contributed by atoms with E-state index >= 15 is 0 Å². The van der Waals surface area contributed by atoms with Crippen molar-refractivity contribution in [1.82, 2.24) is 15.3 Å². The molecule has 2 atom stereocenters. The Kier molecular flexibility index (Phi) is 7.47. The summed E-state index contributed by atoms with van der Waals surface area (Å²) in [6, 6.07) is 12.9. The monoisotopic (exact) mass is 570 g/mol. The molecule has 2 fully saturated rings. The topological polar surface area (TPSA) is 157 Å². The van der Waals surface area contributed by atoms with Crippen LogP contribution < -0.4 is 26.4 Å². The molecule has 0 saturated carbocycles. The molecule has 1 spiro atoms. The molecule has 13 heteroatoms. The predicted molar refractivity (Wildman–Crippen MR) is 144 cm³/mol. The summed E-state index contributed by atoms with van der Waals surface area (Å²) >= 11 is 0. The van der Waals surface area contributed by atoms with E-state index in [2.05, 4.69) is 15.3 Å². The van der Waals surface area contributed by atoms with Crippen molar-refractivity contribution in [2.45, 2.75) is 37.6 Å². The van der Waals surface area contributed by atoms with E-state index < -0.39 is 30.2 Å². The van der Waals surface area contributed by atoms with Crippen LogP contribution in [0.3, 0.4) is 0 Å². The first kappa shape index (κ1) is 28.1. The number of halogens is 3. The molecule has 0 radical (unpaired) electrons. The Hall–Kier alpha value is -4.39. The first-order valence-electron chi connectivity index (χ1n) is 13.0. The van der Waals surface area contributed by atoms with Gasteiger partial charge in [0.1, 0.15) is 11.9 Å². The fourth-order valence-electron chi connectivity index (χ4n) is 5.46. The van der Waals surface area contributed by atoms with Crippen molar-refractivity contribution in [2.75, 3.05) is 30.3 Å². The summed E-state index contributed by atoms with van der Waals surface area (Å²) in [6.07, 6.45) is -5.13. The maximum Gasteiger partial charge on any atom is 0.429 e. The first-order chi connectivity index (χ1) is 19.4. The molecule has 0 aliphatic carbocycles. The zero-order valence-corrected chi connectivity index (χ0v) is 21.9. The summed E-state index contributed by atoms with van der Waals surface area (Å²) in [4.78, 5) is 32.6. The number of aromatic nitrogens is 2. The average Bonchev–Trinajstić information content (AvgIpc) is 3.35. The largest absolute Gasteiger partial charge is 0.480 e. The number of nitrogen functional groups attached to an aromatic ring is 1. The maximum absolute atomic E-state index is 14.1. The molecule has 2 aromatic carbocycles. The van der Waals surface area contributed by atoms with Gasteiger partial charge in [-0.3, -0.25) is 9.59 Å². The lowest BCUT2D eigenvalue weighted by atomic mass is 9.76. The fourth-order valence-corrected chi connectivity index (χ4v) is 5.46. The number of amides is 1. The Bertz CT molecular complexity index is 1420. The summed E-state index contributed by atoms with van der Waals surface area (Å²) in [5.74, 6) is -1.63. The molecule has 1 aromatic heterocycles. The second-order valence-corrected chi connectivity index (χ2v) is 10.5. The molecule has 41 heavy (non-hydrogen) atoms. The highest BCUT2D eigenvalue weighted by atomic mass is 19.4. The lowest BCUT2D eigenvalue weighted by Gasteiger charge is -2.39. The third-order valence-electron chi connectivity index (χ3n) is 7.77. The van der Waals surface area contributed by atoms with Crippen LogP contribution in [0.2, 0.25) is 0 Å². The number of ether oxygens (including phenoxy) is 1. The van der Waals surface area contributed by atoms with Crippen molar-refractivity contribution in [3.63, 3.8) is 0 Å². The molecular formula is C28H29F3N6O4. The van der Waals surface area contributed by atoms with E-state index in [0.29, 0.717) is 61.4 Å². The number of anilines is 2. The van der Waals surface area contributed by atoms with Crippen LogP contribution in [0.25, 0.3) is 11.1 Å². The van der Waals surface area contributed by atoms with Crippen LogP contribution in [0.5, 0.6) is 5.88 Å². The number of primary amides is 1. The van der Waals surface area contributed by atoms with Gasteiger partial charge in [-0.2, -0.15) is 23.1 Å². The van der Waals surface area contributed by atoms with E-state index in [-0.39, 0.29) is 22.8 Å². The number of carbonyl (C=O) groups is 2. The van der Waals surface area contributed by atoms with Crippen LogP contribution in [-0.2, 0) is 4.79 Å². The normalized spacial score (nSPS) is 19.2. The van der Waals surface area contributed by atoms with Crippen LogP contribution in [0.15, 0.2) is 54.6 Å². The Balaban J connectivity index is 1.31. The SMILES string of the molecule is NC(=O)c1ccc(-c2ccc([C@@H](Oc3cc(N4CCC5(CC4)CNC(C(=O)O)C5)nc(N)n3)C(F)(F)F)cc2)cc1. The van der Waals surface area contributed by atoms with Gasteiger partial charge in [0.2, 0.25) is 23.8 Å². The minimum absolute atomic E-state index is 0.129. The van der Waals surface area contributed by atoms with Crippen molar-refractivity contribution < 1.29 is 32.6 Å². The molecule has 3 aromatic rings. The van der Waals surface area contributed by atoms with Crippen LogP contribution in [0.1, 0.15) is 41.3 Å². The van der Waals surface area contributed by atoms with E-state index in [0.717, 1.165) is 0 Å². The van der Waals surface area contributed by atoms with E-state index in [1.165, 1.54) is 30.3 Å². The number of nitrogens with one attached hydrogen (secondary N) is 1. The molecule has 10 nitrogen and oxygen atoms in total. The summed E-state index contributed by atoms with van der Waals surface area (Å²) in [5, 5.41) is 12.4. The summed E-state index contributed by atoms with van der Waals surface area (Å²) < 4.78 is 47.8. The molecular weight excluding hydrogens is 541 g/mol. The minimum Gasteiger partial charge on any atom is -0.480 e. The Morgan fingerprint density at radius 1 is 1.05 bits per heavy atom. The van der Waals surface area contributed by atoms with Crippen LogP contribution in [0.4, 0.5) is 24.9 Å². The van der Waals surface area contributed by atoms with Gasteiger partial charge >= 0.3 is 12.1 Å². The van der Waals surface area contributed by atoms with Gasteiger partial charge < -0.3 is 31.5 Å². The molecule has 2 aliphatic heterocycles. The number of alkyl halides is 3. The van der Waals surface area contributed by atoms with Crippen LogP contribution >= 0.6 is 0 Å². The summed E-state index contributed by atoms with van der Waals surface area (Å²) in [5.41, 5.74) is 12.5. The van der Waals surface area contributed by atoms with E-state index in [4.69, 9.17) is 16.2 Å². The Labute approximate surface area is 233 Å². The van der Waals surface area contributed by atoms with E-state index in [1.54, 1.807) is 24.3 Å². The van der Waals surface area contributed by atoms with Crippen LogP contribution in [-0.4, -0.2) is 58.8 Å². The van der Waals surface area contributed by atoms with Crippen molar-refractivity contribution >= 4 is 23.6 Å². The highest BCUT2D eigenvalue weighted by Gasteiger charge is 2.45. The van der Waals surface area contributed by atoms with Crippen molar-refractivity contribution in [3.05, 3.63) is 65.7 Å². The number of piperidine rings is 1. The number of hydrogen-bond acceptors (Lipinski definition) is 8. The standard InChI is InChI=1S/C28H29F3N6O4/c29-28(30,31)23(18-5-1-16(2-6-18)17-3-7-19(8-4-17)24(32)38)41-22-13-21(35-26(33)36-22)37-11-9-27(10-12-37)14-20(25(39)40)34-15-27/h1-8,13,20,23,34H,9-12,14-15H2,(H2,32,38)(H,39,40)(H2,33,35,36)/t20?,23-/m1/s1. The predicted octanol–water partition coefficient (Wildman–Crippen LogP) is 3.54. The summed E-state index contributed by atoms with van der Waals surface area (Å²) in [7, 11) is 0. The van der Waals surface area contributed by atoms with Crippen molar-refractivity contribution in [3.8, 4) is 17.0 Å². The molecule has 216 valence electrons. The highest BCUT2D eigenvalue weighted by molar-refractivity contribution is 5.93. The second-order valence-electron chi connectivity index (χ2n) is 10.5. The zero-order chi connectivity index (χ0) is 29.4. The second kappa shape index (κ2) is 10.9. The smallest absolute Gasteiger partial charge is 0.429 e. The lowest BCUT2D eigenvalue weighted by molar-refractivity contribution is -0.198. The highest BCUT2D eigenvalue weighted by Crippen LogP contribution is 2.41. The van der Waals surface area contributed by atoms with E-state index in [9.17, 15) is 27.9 Å². The quantitative estimate of drug-likeness (QED) is 0.334. The number of carbonyl (C=O) groups excluding carboxylic acids is 1. The number of aliphatic carboxylic acids is 1. The molecule has 1 amide bonds. The molecule has 3 heterocycles. The Morgan fingerprint density at radius 3 is 2.20 bits per heavy atom. The van der Waals surface area contributed by atoms with Gasteiger partial charge in [0.15, 0.2) is 0 Å². The maximum atomic E-state index is 14.1. The average molecular weight is 571 g/mol. The molecule has 5 rings (SSSR count). The van der Waals surface area contributed by atoms with Crippen LogP contribution in [0, 0.1) is 5.41 Å². The molecule has 2 aliphatic rings. The number of nitrogens with zero attached hydrogens (tertiary/aromatic N) is 3. The van der Waals surface area contributed by atoms with Crippen molar-refractivity contribution in [2.24, 2.45) is 11.1 Å². The van der Waals surface area contributed by atoms with E-state index in [1.807, 2.05) is 4.90 Å². The first-order valence-corrected chi connectivity index (χ1v) is 13.0. The van der Waals surface area contributed by atoms with Gasteiger partial charge in [0, 0.05) is 36.8 Å². The number of rotatable bonds is 7. The van der Waals surface area contributed by atoms with Gasteiger partial charge in [-0.15, -0.1) is 0 Å². The lowest BCUT2D eigenvalue weighted by Crippen LogP contribution is -2.41. The zero-order valence-electron chi connectivity index (χ0n) is 21.9. The summed E-state index contributed by atoms with van der Waals surface area (Å²) in [6.45, 7) is 1.67. The third-order valence-corrected chi connectivity index (χ3v) is 7.77. The fraction of sp³-hybridized carbons (Fsp3) is 0.357. The Morgan fingerprint density at radius 2 is 1.66 bits per heavy atom. The molecule has 2 saturated heterocycles. The third kappa shape index (κ3) is 6.19. The number of nitrogens with two attached hydrogens (primary N) is 2. The minimum atomic E-state index is -4.75. The number of carboxylic acids is 1. The van der Waals surface area contributed by atoms with Gasteiger partial charge in [-0.1, -0.05) is 36.4 Å². The van der Waals surface area contributed by atoms with Crippen molar-refractivity contribution in [1.29, 1.82) is 0 Å². The molecule has 0 bridgehead atoms. The van der Waals surface area contributed by atoms with Gasteiger partial charge in [-0.25, -0.2) is 0 Å². The van der Waals surface area contributed by atoms with Gasteiger partial charge in [0.25, 0.3) is 0 Å². The van der Waals surface area contributed by atoms with Gasteiger partial charge in [0.05, 0.1) is 0 Å². The molecule has 1 unspecified atom stereocenters. The number of hydrogen-bond donors (Lipinski definition) is 4.